The number of aromatic nitrogens is 1. The number of halogens is 1. The first-order valence-corrected chi connectivity index (χ1v) is 14.7. The molecule has 40 heavy (non-hydrogen) atoms. The van der Waals surface area contributed by atoms with Gasteiger partial charge in [-0.05, 0) is 67.9 Å². The van der Waals surface area contributed by atoms with Gasteiger partial charge in [0.25, 0.3) is 5.91 Å². The highest BCUT2D eigenvalue weighted by Gasteiger charge is 2.39. The lowest BCUT2D eigenvalue weighted by molar-refractivity contribution is -0.124. The molecule has 0 atom stereocenters. The Kier molecular flexibility index (Phi) is 7.73. The van der Waals surface area contributed by atoms with Crippen LogP contribution in [0.15, 0.2) is 88.9 Å². The molecule has 1 amide bonds. The highest BCUT2D eigenvalue weighted by atomic mass is 32.2. The smallest absolute Gasteiger partial charge is 0.267 e. The molecule has 6 rings (SSSR count). The molecule has 2 aliphatic rings. The van der Waals surface area contributed by atoms with E-state index in [4.69, 9.17) is 4.74 Å². The van der Waals surface area contributed by atoms with Gasteiger partial charge < -0.3 is 9.30 Å². The SMILES string of the molecule is Cc1ccc(OCCn2cc(C=C3SC(=Nc4ccccc4F)N(C4CCCCC4)C3=O)c3ccccc32)cc1. The van der Waals surface area contributed by atoms with Gasteiger partial charge in [-0.3, -0.25) is 9.69 Å². The first kappa shape index (κ1) is 26.4. The molecule has 1 aliphatic heterocycles. The van der Waals surface area contributed by atoms with Crippen LogP contribution in [0, 0.1) is 12.7 Å². The average Bonchev–Trinajstić information content (AvgIpc) is 3.48. The highest BCUT2D eigenvalue weighted by Crippen LogP contribution is 2.39. The van der Waals surface area contributed by atoms with E-state index in [0.717, 1.165) is 47.9 Å². The zero-order valence-corrected chi connectivity index (χ0v) is 23.4. The van der Waals surface area contributed by atoms with Crippen molar-refractivity contribution in [2.24, 2.45) is 4.99 Å². The van der Waals surface area contributed by atoms with E-state index >= 15 is 0 Å². The zero-order valence-electron chi connectivity index (χ0n) is 22.6. The van der Waals surface area contributed by atoms with E-state index in [2.05, 4.69) is 34.8 Å². The highest BCUT2D eigenvalue weighted by molar-refractivity contribution is 8.18. The summed E-state index contributed by atoms with van der Waals surface area (Å²) in [6.07, 6.45) is 9.29. The predicted molar refractivity (Wildman–Crippen MR) is 161 cm³/mol. The molecule has 4 aromatic rings. The number of amidine groups is 1. The summed E-state index contributed by atoms with van der Waals surface area (Å²) in [5, 5.41) is 1.63. The number of hydrogen-bond acceptors (Lipinski definition) is 4. The van der Waals surface area contributed by atoms with Gasteiger partial charge in [0, 0.05) is 28.7 Å². The van der Waals surface area contributed by atoms with Crippen molar-refractivity contribution < 1.29 is 13.9 Å². The van der Waals surface area contributed by atoms with Crippen molar-refractivity contribution in [2.45, 2.75) is 51.6 Å². The molecule has 5 nitrogen and oxygen atoms in total. The lowest BCUT2D eigenvalue weighted by Crippen LogP contribution is -2.40. The minimum atomic E-state index is -0.389. The molecule has 0 radical (unpaired) electrons. The van der Waals surface area contributed by atoms with Crippen LogP contribution in [0.25, 0.3) is 17.0 Å². The Morgan fingerprint density at radius 2 is 1.75 bits per heavy atom. The van der Waals surface area contributed by atoms with Crippen LogP contribution in [0.3, 0.4) is 0 Å². The van der Waals surface area contributed by atoms with Crippen LogP contribution >= 0.6 is 11.8 Å². The predicted octanol–water partition coefficient (Wildman–Crippen LogP) is 8.10. The van der Waals surface area contributed by atoms with Gasteiger partial charge in [0.05, 0.1) is 11.4 Å². The van der Waals surface area contributed by atoms with E-state index in [9.17, 15) is 9.18 Å². The molecular formula is C33H32FN3O2S. The maximum atomic E-state index is 14.5. The van der Waals surface area contributed by atoms with Crippen LogP contribution in [-0.2, 0) is 11.3 Å². The minimum Gasteiger partial charge on any atom is -0.492 e. The van der Waals surface area contributed by atoms with E-state index in [1.807, 2.05) is 47.4 Å². The number of para-hydroxylation sites is 2. The number of hydrogen-bond donors (Lipinski definition) is 0. The molecular weight excluding hydrogens is 521 g/mol. The molecule has 1 saturated carbocycles. The van der Waals surface area contributed by atoms with Gasteiger partial charge >= 0.3 is 0 Å². The van der Waals surface area contributed by atoms with Crippen LogP contribution in [0.4, 0.5) is 10.1 Å². The quantitative estimate of drug-likeness (QED) is 0.217. The zero-order chi connectivity index (χ0) is 27.5. The number of nitrogens with zero attached hydrogens (tertiary/aromatic N) is 3. The number of carbonyl (C=O) groups is 1. The van der Waals surface area contributed by atoms with Gasteiger partial charge in [-0.2, -0.15) is 0 Å². The first-order chi connectivity index (χ1) is 19.6. The van der Waals surface area contributed by atoms with Crippen LogP contribution < -0.4 is 4.74 Å². The third-order valence-electron chi connectivity index (χ3n) is 7.57. The van der Waals surface area contributed by atoms with Gasteiger partial charge in [0.15, 0.2) is 5.17 Å². The number of thioether (sulfide) groups is 1. The summed E-state index contributed by atoms with van der Waals surface area (Å²) in [5.41, 5.74) is 3.51. The van der Waals surface area contributed by atoms with Gasteiger partial charge in [-0.1, -0.05) is 67.3 Å². The van der Waals surface area contributed by atoms with Crippen molar-refractivity contribution in [3.63, 3.8) is 0 Å². The van der Waals surface area contributed by atoms with Crippen molar-refractivity contribution in [2.75, 3.05) is 6.61 Å². The van der Waals surface area contributed by atoms with E-state index in [1.165, 1.54) is 29.8 Å². The third-order valence-corrected chi connectivity index (χ3v) is 8.56. The lowest BCUT2D eigenvalue weighted by atomic mass is 9.94. The fourth-order valence-corrected chi connectivity index (χ4v) is 6.53. The summed E-state index contributed by atoms with van der Waals surface area (Å²) < 4.78 is 22.7. The topological polar surface area (TPSA) is 46.8 Å². The van der Waals surface area contributed by atoms with Crippen LogP contribution in [0.1, 0.15) is 43.2 Å². The second-order valence-electron chi connectivity index (χ2n) is 10.4. The van der Waals surface area contributed by atoms with Crippen molar-refractivity contribution in [3.8, 4) is 5.75 Å². The van der Waals surface area contributed by atoms with Crippen molar-refractivity contribution >= 4 is 45.5 Å². The monoisotopic (exact) mass is 553 g/mol. The Morgan fingerprint density at radius 1 is 1.00 bits per heavy atom. The maximum Gasteiger partial charge on any atom is 0.267 e. The summed E-state index contributed by atoms with van der Waals surface area (Å²) in [7, 11) is 0. The average molecular weight is 554 g/mol. The van der Waals surface area contributed by atoms with Crippen LogP contribution in [0.5, 0.6) is 5.75 Å². The molecule has 1 aliphatic carbocycles. The number of fused-ring (bicyclic) bond motifs is 1. The summed E-state index contributed by atoms with van der Waals surface area (Å²) in [4.78, 5) is 20.9. The Morgan fingerprint density at radius 3 is 2.55 bits per heavy atom. The molecule has 2 heterocycles. The number of ether oxygens (including phenoxy) is 1. The number of aryl methyl sites for hydroxylation is 1. The Balaban J connectivity index is 1.30. The third kappa shape index (κ3) is 5.56. The fraction of sp³-hybridized carbons (Fsp3) is 0.273. The molecule has 0 unspecified atom stereocenters. The van der Waals surface area contributed by atoms with Crippen LogP contribution in [0.2, 0.25) is 0 Å². The second-order valence-corrected chi connectivity index (χ2v) is 11.4. The van der Waals surface area contributed by atoms with Crippen molar-refractivity contribution in [1.82, 2.24) is 9.47 Å². The van der Waals surface area contributed by atoms with E-state index in [-0.39, 0.29) is 23.5 Å². The van der Waals surface area contributed by atoms with Crippen molar-refractivity contribution in [1.29, 1.82) is 0 Å². The van der Waals surface area contributed by atoms with Gasteiger partial charge in [-0.15, -0.1) is 0 Å². The molecule has 0 N–H and O–H groups in total. The normalized spacial score (nSPS) is 18.4. The largest absolute Gasteiger partial charge is 0.492 e. The second kappa shape index (κ2) is 11.7. The number of amides is 1. The van der Waals surface area contributed by atoms with Crippen LogP contribution in [-0.4, -0.2) is 33.2 Å². The number of aliphatic imine (C=N–C) groups is 1. The summed E-state index contributed by atoms with van der Waals surface area (Å²) in [6.45, 7) is 3.26. The summed E-state index contributed by atoms with van der Waals surface area (Å²) >= 11 is 1.34. The van der Waals surface area contributed by atoms with Gasteiger partial charge in [0.1, 0.15) is 23.9 Å². The summed E-state index contributed by atoms with van der Waals surface area (Å²) in [5.74, 6) is 0.411. The van der Waals surface area contributed by atoms with Crippen molar-refractivity contribution in [3.05, 3.63) is 101 Å². The van der Waals surface area contributed by atoms with E-state index < -0.39 is 0 Å². The number of carbonyl (C=O) groups excluding carboxylic acids is 1. The van der Waals surface area contributed by atoms with Gasteiger partial charge in [0.2, 0.25) is 0 Å². The Hall–Kier alpha value is -3.84. The minimum absolute atomic E-state index is 0.0495. The molecule has 1 saturated heterocycles. The molecule has 0 spiro atoms. The molecule has 0 bridgehead atoms. The molecule has 1 aromatic heterocycles. The fourth-order valence-electron chi connectivity index (χ4n) is 5.48. The number of benzene rings is 3. The lowest BCUT2D eigenvalue weighted by Gasteiger charge is -2.30. The maximum absolute atomic E-state index is 14.5. The molecule has 204 valence electrons. The number of rotatable bonds is 7. The molecule has 3 aromatic carbocycles. The molecule has 2 fully saturated rings. The Bertz CT molecular complexity index is 1590. The summed E-state index contributed by atoms with van der Waals surface area (Å²) in [6, 6.07) is 22.8. The standard InChI is InChI=1S/C33H32FN3O2S/c1-23-15-17-26(18-16-23)39-20-19-36-22-24(27-11-5-8-14-30(27)36)21-31-32(38)37(25-9-3-2-4-10-25)33(40-31)35-29-13-7-6-12-28(29)34/h5-8,11-18,21-22,25H,2-4,9-10,19-20H2,1H3. The van der Waals surface area contributed by atoms with E-state index in [0.29, 0.717) is 23.2 Å². The molecule has 7 heteroatoms. The van der Waals surface area contributed by atoms with E-state index in [1.54, 1.807) is 18.2 Å². The first-order valence-electron chi connectivity index (χ1n) is 13.9. The van der Waals surface area contributed by atoms with Gasteiger partial charge in [-0.25, -0.2) is 9.38 Å². The Labute approximate surface area is 238 Å².